The van der Waals surface area contributed by atoms with Crippen LogP contribution < -0.4 is 9.22 Å². The summed E-state index contributed by atoms with van der Waals surface area (Å²) in [4.78, 5) is 0. The van der Waals surface area contributed by atoms with Gasteiger partial charge < -0.3 is 4.74 Å². The fourth-order valence-electron chi connectivity index (χ4n) is 3.35. The third-order valence-corrected chi connectivity index (χ3v) is 5.39. The first-order valence-corrected chi connectivity index (χ1v) is 7.17. The highest BCUT2D eigenvalue weighted by Gasteiger charge is 2.49. The van der Waals surface area contributed by atoms with Crippen LogP contribution in [-0.4, -0.2) is 56.9 Å². The van der Waals surface area contributed by atoms with Crippen LogP contribution in [0.15, 0.2) is 24.3 Å². The third kappa shape index (κ3) is 1.81. The summed E-state index contributed by atoms with van der Waals surface area (Å²) < 4.78 is 7.50. The Balaban J connectivity index is 1.84. The Morgan fingerprint density at radius 2 is 1.56 bits per heavy atom. The first-order valence-electron chi connectivity index (χ1n) is 6.64. The second-order valence-electron chi connectivity index (χ2n) is 5.65. The number of methoxy groups -OCH3 is 1. The van der Waals surface area contributed by atoms with E-state index in [0.717, 1.165) is 20.7 Å². The molecule has 0 radical (unpaired) electrons. The lowest BCUT2D eigenvalue weighted by Gasteiger charge is -2.54. The summed E-state index contributed by atoms with van der Waals surface area (Å²) in [5.41, 5.74) is 1.43. The van der Waals surface area contributed by atoms with Crippen molar-refractivity contribution in [1.29, 1.82) is 0 Å². The summed E-state index contributed by atoms with van der Waals surface area (Å²) in [6, 6.07) is 9.39. The molecule has 3 heterocycles. The Morgan fingerprint density at radius 3 is 2.00 bits per heavy atom. The van der Waals surface area contributed by atoms with Gasteiger partial charge in [-0.25, -0.2) is 0 Å². The number of piperazine rings is 3. The van der Waals surface area contributed by atoms with Crippen molar-refractivity contribution < 1.29 is 9.22 Å². The SMILES string of the molecule is COc1ccc([N+]23CC[N+](CCl)(CC2)CC3)cc1. The number of hydrogen-bond acceptors (Lipinski definition) is 1. The molecule has 0 saturated carbocycles. The minimum Gasteiger partial charge on any atom is -0.497 e. The van der Waals surface area contributed by atoms with E-state index < -0.39 is 0 Å². The number of rotatable bonds is 3. The minimum atomic E-state index is 0.780. The largest absolute Gasteiger partial charge is 0.497 e. The number of benzene rings is 1. The van der Waals surface area contributed by atoms with Gasteiger partial charge in [-0.3, -0.25) is 8.97 Å². The molecule has 0 atom stereocenters. The average molecular weight is 269 g/mol. The van der Waals surface area contributed by atoms with E-state index in [0.29, 0.717) is 0 Å². The zero-order valence-corrected chi connectivity index (χ0v) is 11.7. The molecule has 98 valence electrons. The topological polar surface area (TPSA) is 9.23 Å². The summed E-state index contributed by atoms with van der Waals surface area (Å²) in [6.07, 6.45) is 0. The summed E-state index contributed by atoms with van der Waals surface area (Å²) >= 11 is 6.14. The number of quaternary nitrogens is 2. The molecule has 3 nitrogen and oxygen atoms in total. The van der Waals surface area contributed by atoms with Crippen molar-refractivity contribution in [3.05, 3.63) is 24.3 Å². The lowest BCUT2D eigenvalue weighted by atomic mass is 10.1. The number of alkyl halides is 1. The zero-order chi connectivity index (χ0) is 12.6. The summed E-state index contributed by atoms with van der Waals surface area (Å²) in [5.74, 6) is 0.942. The number of hydrogen-bond donors (Lipinski definition) is 0. The van der Waals surface area contributed by atoms with E-state index in [1.54, 1.807) is 7.11 Å². The van der Waals surface area contributed by atoms with Gasteiger partial charge in [0, 0.05) is 12.1 Å². The van der Waals surface area contributed by atoms with Crippen molar-refractivity contribution in [2.45, 2.75) is 0 Å². The molecule has 1 aromatic carbocycles. The van der Waals surface area contributed by atoms with Crippen LogP contribution in [0.5, 0.6) is 5.75 Å². The number of halogens is 1. The van der Waals surface area contributed by atoms with Gasteiger partial charge >= 0.3 is 0 Å². The quantitative estimate of drug-likeness (QED) is 0.463. The van der Waals surface area contributed by atoms with Crippen molar-refractivity contribution in [1.82, 2.24) is 4.48 Å². The first kappa shape index (κ1) is 12.3. The Morgan fingerprint density at radius 1 is 1.00 bits per heavy atom. The van der Waals surface area contributed by atoms with Gasteiger partial charge in [0.1, 0.15) is 50.7 Å². The molecule has 3 saturated heterocycles. The predicted molar refractivity (Wildman–Crippen MR) is 75.0 cm³/mol. The van der Waals surface area contributed by atoms with E-state index in [1.807, 2.05) is 0 Å². The normalized spacial score (nSPS) is 34.6. The third-order valence-electron chi connectivity index (χ3n) is 4.88. The Labute approximate surface area is 114 Å². The van der Waals surface area contributed by atoms with Gasteiger partial charge in [0.15, 0.2) is 6.00 Å². The molecule has 0 aliphatic carbocycles. The first-order chi connectivity index (χ1) is 8.72. The van der Waals surface area contributed by atoms with Crippen molar-refractivity contribution >= 4 is 17.3 Å². The highest BCUT2D eigenvalue weighted by Crippen LogP contribution is 2.33. The molecule has 1 aromatic rings. The highest BCUT2D eigenvalue weighted by molar-refractivity contribution is 6.17. The van der Waals surface area contributed by atoms with Crippen molar-refractivity contribution in [3.8, 4) is 5.75 Å². The molecule has 0 spiro atoms. The Hall–Kier alpha value is -0.770. The second-order valence-corrected chi connectivity index (χ2v) is 5.89. The minimum absolute atomic E-state index is 0.780. The zero-order valence-electron chi connectivity index (χ0n) is 10.9. The van der Waals surface area contributed by atoms with Crippen LogP contribution in [-0.2, 0) is 0 Å². The molecule has 3 aliphatic heterocycles. The molecule has 4 rings (SSSR count). The summed E-state index contributed by atoms with van der Waals surface area (Å²) in [7, 11) is 1.72. The molecule has 2 bridgehead atoms. The van der Waals surface area contributed by atoms with Gasteiger partial charge in [-0.2, -0.15) is 0 Å². The van der Waals surface area contributed by atoms with E-state index in [4.69, 9.17) is 16.3 Å². The Kier molecular flexibility index (Phi) is 3.00. The number of fused-ring (bicyclic) bond motifs is 3. The van der Waals surface area contributed by atoms with E-state index >= 15 is 0 Å². The van der Waals surface area contributed by atoms with Gasteiger partial charge in [-0.05, 0) is 12.1 Å². The molecule has 4 heteroatoms. The maximum Gasteiger partial charge on any atom is 0.155 e. The summed E-state index contributed by atoms with van der Waals surface area (Å²) in [6.45, 7) is 7.32. The van der Waals surface area contributed by atoms with Crippen LogP contribution in [0.3, 0.4) is 0 Å². The summed E-state index contributed by atoms with van der Waals surface area (Å²) in [5, 5.41) is 0. The van der Waals surface area contributed by atoms with Gasteiger partial charge in [0.2, 0.25) is 0 Å². The van der Waals surface area contributed by atoms with Crippen molar-refractivity contribution in [2.75, 3.05) is 52.4 Å². The molecular weight excluding hydrogens is 248 g/mol. The van der Waals surface area contributed by atoms with Gasteiger partial charge in [0.25, 0.3) is 0 Å². The van der Waals surface area contributed by atoms with E-state index in [-0.39, 0.29) is 0 Å². The fraction of sp³-hybridized carbons (Fsp3) is 0.571. The van der Waals surface area contributed by atoms with Crippen molar-refractivity contribution in [3.63, 3.8) is 0 Å². The van der Waals surface area contributed by atoms with Crippen LogP contribution in [0.1, 0.15) is 0 Å². The van der Waals surface area contributed by atoms with Crippen LogP contribution in [0, 0.1) is 0 Å². The molecule has 0 N–H and O–H groups in total. The maximum atomic E-state index is 6.14. The van der Waals surface area contributed by atoms with Crippen LogP contribution in [0.4, 0.5) is 5.69 Å². The van der Waals surface area contributed by atoms with Gasteiger partial charge in [0.05, 0.1) is 7.11 Å². The monoisotopic (exact) mass is 268 g/mol. The van der Waals surface area contributed by atoms with Crippen LogP contribution >= 0.6 is 11.6 Å². The predicted octanol–water partition coefficient (Wildman–Crippen LogP) is 2.04. The molecule has 0 amide bonds. The molecular formula is C14H21ClN2O+2. The molecule has 3 fully saturated rings. The van der Waals surface area contributed by atoms with Crippen molar-refractivity contribution in [2.24, 2.45) is 0 Å². The van der Waals surface area contributed by atoms with Gasteiger partial charge in [-0.1, -0.05) is 11.6 Å². The highest BCUT2D eigenvalue weighted by atomic mass is 35.5. The molecule has 0 aromatic heterocycles. The fourth-order valence-corrected chi connectivity index (χ4v) is 3.71. The second kappa shape index (κ2) is 4.41. The number of ether oxygens (including phenoxy) is 1. The average Bonchev–Trinajstić information content (AvgIpc) is 2.49. The van der Waals surface area contributed by atoms with E-state index in [9.17, 15) is 0 Å². The Bertz CT molecular complexity index is 407. The number of nitrogens with zero attached hydrogens (tertiary/aromatic N) is 2. The smallest absolute Gasteiger partial charge is 0.155 e. The van der Waals surface area contributed by atoms with Crippen LogP contribution in [0.25, 0.3) is 0 Å². The van der Waals surface area contributed by atoms with Gasteiger partial charge in [-0.15, -0.1) is 0 Å². The molecule has 0 unspecified atom stereocenters. The molecule has 3 aliphatic rings. The van der Waals surface area contributed by atoms with Crippen LogP contribution in [0.2, 0.25) is 0 Å². The maximum absolute atomic E-state index is 6.14. The standard InChI is InChI=1S/C14H21ClN2O/c1-18-14-4-2-13(3-5-14)17-9-6-16(12-15,7-10-17)8-11-17/h2-5H,6-12H2,1H3/q+2. The lowest BCUT2D eigenvalue weighted by molar-refractivity contribution is -0.930. The van der Waals surface area contributed by atoms with E-state index in [2.05, 4.69) is 24.3 Å². The van der Waals surface area contributed by atoms with E-state index in [1.165, 1.54) is 45.0 Å². The molecule has 18 heavy (non-hydrogen) atoms. The lowest BCUT2D eigenvalue weighted by Crippen LogP contribution is -2.75.